The topological polar surface area (TPSA) is 212 Å². The van der Waals surface area contributed by atoms with Crippen molar-refractivity contribution in [3.05, 3.63) is 64.5 Å². The molecule has 0 amide bonds. The van der Waals surface area contributed by atoms with Crippen molar-refractivity contribution >= 4 is 47.1 Å². The Morgan fingerprint density at radius 2 is 0.879 bits per heavy atom. The Balaban J connectivity index is 1.96. The molecule has 1 aromatic heterocycles. The van der Waals surface area contributed by atoms with Gasteiger partial charge >= 0.3 is 23.9 Å². The lowest BCUT2D eigenvalue weighted by atomic mass is 10.1. The molecule has 0 radical (unpaired) electrons. The van der Waals surface area contributed by atoms with E-state index in [4.69, 9.17) is 0 Å². The average molecular weight is 453 g/mol. The molecule has 2 aromatic carbocycles. The zero-order chi connectivity index (χ0) is 24.3. The van der Waals surface area contributed by atoms with Crippen LogP contribution in [-0.4, -0.2) is 59.3 Å². The molecule has 0 aliphatic rings. The lowest BCUT2D eigenvalue weighted by Crippen LogP contribution is -2.09. The van der Waals surface area contributed by atoms with E-state index in [1.54, 1.807) is 0 Å². The molecule has 0 aliphatic heterocycles. The van der Waals surface area contributed by atoms with Gasteiger partial charge in [-0.05, 0) is 43.3 Å². The van der Waals surface area contributed by atoms with Crippen LogP contribution in [0.1, 0.15) is 47.3 Å². The van der Waals surface area contributed by atoms with E-state index < -0.39 is 23.9 Å². The van der Waals surface area contributed by atoms with Gasteiger partial charge in [0, 0.05) is 11.4 Å². The smallest absolute Gasteiger partial charge is 0.335 e. The number of carbonyl (C=O) groups is 4. The number of carboxylic acid groups (broad SMARTS) is 4. The molecule has 0 saturated carbocycles. The van der Waals surface area contributed by atoms with Gasteiger partial charge in [0.25, 0.3) is 0 Å². The number of aromatic carboxylic acids is 4. The second-order valence-corrected chi connectivity index (χ2v) is 6.60. The summed E-state index contributed by atoms with van der Waals surface area (Å²) in [5.41, 5.74) is -0.905. The van der Waals surface area contributed by atoms with Gasteiger partial charge in [0.1, 0.15) is 5.82 Å². The number of nitrogens with one attached hydrogen (secondary N) is 2. The highest BCUT2D eigenvalue weighted by Gasteiger charge is 2.15. The van der Waals surface area contributed by atoms with Crippen molar-refractivity contribution in [3.63, 3.8) is 0 Å². The second-order valence-electron chi connectivity index (χ2n) is 6.60. The van der Waals surface area contributed by atoms with E-state index in [0.29, 0.717) is 0 Å². The Morgan fingerprint density at radius 1 is 0.576 bits per heavy atom. The van der Waals surface area contributed by atoms with E-state index in [1.807, 2.05) is 0 Å². The first kappa shape index (κ1) is 22.6. The van der Waals surface area contributed by atoms with Crippen LogP contribution < -0.4 is 10.6 Å². The largest absolute Gasteiger partial charge is 0.478 e. The van der Waals surface area contributed by atoms with Crippen LogP contribution in [0.4, 0.5) is 23.3 Å². The Bertz CT molecular complexity index is 1150. The van der Waals surface area contributed by atoms with Gasteiger partial charge in [0.05, 0.1) is 22.3 Å². The molecule has 1 heterocycles. The van der Waals surface area contributed by atoms with Crippen molar-refractivity contribution in [1.82, 2.24) is 15.0 Å². The van der Waals surface area contributed by atoms with Crippen molar-refractivity contribution in [2.45, 2.75) is 6.92 Å². The summed E-state index contributed by atoms with van der Waals surface area (Å²) in [6.07, 6.45) is 0. The Kier molecular flexibility index (Phi) is 6.15. The van der Waals surface area contributed by atoms with E-state index in [9.17, 15) is 39.6 Å². The van der Waals surface area contributed by atoms with Crippen molar-refractivity contribution in [1.29, 1.82) is 0 Å². The van der Waals surface area contributed by atoms with Crippen LogP contribution in [0, 0.1) is 6.92 Å². The number of aromatic nitrogens is 3. The minimum Gasteiger partial charge on any atom is -0.478 e. The number of aryl methyl sites for hydroxylation is 1. The zero-order valence-corrected chi connectivity index (χ0v) is 16.7. The first-order valence-corrected chi connectivity index (χ1v) is 9.02. The summed E-state index contributed by atoms with van der Waals surface area (Å²) >= 11 is 0. The van der Waals surface area contributed by atoms with Crippen LogP contribution in [-0.2, 0) is 0 Å². The molecule has 0 saturated heterocycles. The SMILES string of the molecule is Cc1nc(Nc2cc(C(=O)O)cc(C(=O)O)c2)nc(Nc2cc(C(=O)O)cc(C(=O)O)c2)n1. The molecule has 6 N–H and O–H groups in total. The molecule has 13 nitrogen and oxygen atoms in total. The molecular formula is C20H15N5O8. The summed E-state index contributed by atoms with van der Waals surface area (Å²) in [4.78, 5) is 57.3. The zero-order valence-electron chi connectivity index (χ0n) is 16.7. The summed E-state index contributed by atoms with van der Waals surface area (Å²) in [6.45, 7) is 1.52. The Morgan fingerprint density at radius 3 is 1.15 bits per heavy atom. The Hall–Kier alpha value is -5.07. The van der Waals surface area contributed by atoms with Crippen LogP contribution >= 0.6 is 0 Å². The predicted molar refractivity (Wildman–Crippen MR) is 112 cm³/mol. The average Bonchev–Trinajstić information content (AvgIpc) is 2.72. The fraction of sp³-hybridized carbons (Fsp3) is 0.0500. The van der Waals surface area contributed by atoms with Crippen molar-refractivity contribution in [3.8, 4) is 0 Å². The molecule has 168 valence electrons. The van der Waals surface area contributed by atoms with Gasteiger partial charge < -0.3 is 31.1 Å². The summed E-state index contributed by atoms with van der Waals surface area (Å²) in [5.74, 6) is -5.26. The number of benzene rings is 2. The number of anilines is 4. The van der Waals surface area contributed by atoms with Crippen molar-refractivity contribution in [2.24, 2.45) is 0 Å². The number of hydrogen-bond donors (Lipinski definition) is 6. The van der Waals surface area contributed by atoms with E-state index in [2.05, 4.69) is 25.6 Å². The van der Waals surface area contributed by atoms with Crippen LogP contribution in [0.15, 0.2) is 36.4 Å². The fourth-order valence-corrected chi connectivity index (χ4v) is 2.75. The minimum atomic E-state index is -1.33. The maximum atomic E-state index is 11.3. The standard InChI is InChI=1S/C20H15N5O8/c1-8-21-19(23-13-4-9(15(26)27)2-10(5-13)16(28)29)25-20(22-8)24-14-6-11(17(30)31)3-12(7-14)18(32)33/h2-7H,1H3,(H,26,27)(H,28,29)(H,30,31)(H,32,33)(H2,21,22,23,24,25). The van der Waals surface area contributed by atoms with E-state index in [1.165, 1.54) is 31.2 Å². The van der Waals surface area contributed by atoms with Crippen LogP contribution in [0.3, 0.4) is 0 Å². The summed E-state index contributed by atoms with van der Waals surface area (Å²) in [5, 5.41) is 42.2. The molecule has 0 spiro atoms. The molecule has 33 heavy (non-hydrogen) atoms. The van der Waals surface area contributed by atoms with Crippen LogP contribution in [0.25, 0.3) is 0 Å². The first-order chi connectivity index (χ1) is 15.5. The van der Waals surface area contributed by atoms with Gasteiger partial charge in [-0.25, -0.2) is 19.2 Å². The third kappa shape index (κ3) is 5.55. The van der Waals surface area contributed by atoms with E-state index in [-0.39, 0.29) is 51.3 Å². The minimum absolute atomic E-state index is 0.0725. The highest BCUT2D eigenvalue weighted by molar-refractivity contribution is 5.96. The molecule has 3 rings (SSSR count). The quantitative estimate of drug-likeness (QED) is 0.289. The highest BCUT2D eigenvalue weighted by Crippen LogP contribution is 2.22. The van der Waals surface area contributed by atoms with Gasteiger partial charge in [-0.2, -0.15) is 15.0 Å². The van der Waals surface area contributed by atoms with Gasteiger partial charge in [0.15, 0.2) is 0 Å². The summed E-state index contributed by atoms with van der Waals surface area (Å²) in [7, 11) is 0. The molecule has 0 fully saturated rings. The molecule has 0 unspecified atom stereocenters. The van der Waals surface area contributed by atoms with Crippen LogP contribution in [0.5, 0.6) is 0 Å². The van der Waals surface area contributed by atoms with Gasteiger partial charge in [-0.3, -0.25) is 0 Å². The van der Waals surface area contributed by atoms with Crippen LogP contribution in [0.2, 0.25) is 0 Å². The third-order valence-corrected chi connectivity index (χ3v) is 4.11. The van der Waals surface area contributed by atoms with Gasteiger partial charge in [-0.1, -0.05) is 0 Å². The molecular weight excluding hydrogens is 438 g/mol. The maximum Gasteiger partial charge on any atom is 0.335 e. The molecule has 0 atom stereocenters. The van der Waals surface area contributed by atoms with Gasteiger partial charge in [-0.15, -0.1) is 0 Å². The third-order valence-electron chi connectivity index (χ3n) is 4.11. The monoisotopic (exact) mass is 453 g/mol. The molecule has 0 bridgehead atoms. The molecule has 13 heteroatoms. The maximum absolute atomic E-state index is 11.3. The predicted octanol–water partition coefficient (Wildman–Crippen LogP) is 2.46. The number of nitrogens with zero attached hydrogens (tertiary/aromatic N) is 3. The van der Waals surface area contributed by atoms with Crippen molar-refractivity contribution < 1.29 is 39.6 Å². The molecule has 0 aliphatic carbocycles. The number of hydrogen-bond acceptors (Lipinski definition) is 9. The highest BCUT2D eigenvalue weighted by atomic mass is 16.4. The van der Waals surface area contributed by atoms with E-state index >= 15 is 0 Å². The lowest BCUT2D eigenvalue weighted by Gasteiger charge is -2.11. The normalized spacial score (nSPS) is 10.3. The van der Waals surface area contributed by atoms with Crippen molar-refractivity contribution in [2.75, 3.05) is 10.6 Å². The second kappa shape index (κ2) is 8.97. The summed E-state index contributed by atoms with van der Waals surface area (Å²) < 4.78 is 0. The Labute approximate surface area is 184 Å². The first-order valence-electron chi connectivity index (χ1n) is 9.02. The summed E-state index contributed by atoms with van der Waals surface area (Å²) in [6, 6.07) is 6.76. The molecule has 3 aromatic rings. The van der Waals surface area contributed by atoms with E-state index in [0.717, 1.165) is 12.1 Å². The fourth-order valence-electron chi connectivity index (χ4n) is 2.75. The number of rotatable bonds is 8. The number of carboxylic acids is 4. The lowest BCUT2D eigenvalue weighted by molar-refractivity contribution is 0.0676. The van der Waals surface area contributed by atoms with Gasteiger partial charge in [0.2, 0.25) is 11.9 Å².